The maximum Gasteiger partial charge on any atom is 0.302 e. The van der Waals surface area contributed by atoms with Gasteiger partial charge in [0.05, 0.1) is 6.61 Å². The molecule has 0 heterocycles. The van der Waals surface area contributed by atoms with E-state index in [9.17, 15) is 9.59 Å². The van der Waals surface area contributed by atoms with E-state index in [0.29, 0.717) is 19.6 Å². The lowest BCUT2D eigenvalue weighted by Crippen LogP contribution is -2.03. The van der Waals surface area contributed by atoms with Crippen molar-refractivity contribution in [3.8, 4) is 0 Å². The van der Waals surface area contributed by atoms with Crippen molar-refractivity contribution in [2.45, 2.75) is 26.9 Å². The van der Waals surface area contributed by atoms with Gasteiger partial charge in [-0.25, -0.2) is 0 Å². The summed E-state index contributed by atoms with van der Waals surface area (Å²) in [5.41, 5.74) is 2.02. The first-order valence-electron chi connectivity index (χ1n) is 5.42. The minimum atomic E-state index is -0.288. The third kappa shape index (κ3) is 5.70. The van der Waals surface area contributed by atoms with Crippen molar-refractivity contribution in [2.75, 3.05) is 6.61 Å². The molecule has 0 bridgehead atoms. The summed E-state index contributed by atoms with van der Waals surface area (Å²) in [7, 11) is 0. The highest BCUT2D eigenvalue weighted by Crippen LogP contribution is 2.06. The number of ether oxygens (including phenoxy) is 2. The zero-order valence-corrected chi connectivity index (χ0v) is 10.1. The Morgan fingerprint density at radius 2 is 1.47 bits per heavy atom. The highest BCUT2D eigenvalue weighted by atomic mass is 16.5. The van der Waals surface area contributed by atoms with Gasteiger partial charge in [0.25, 0.3) is 0 Å². The molecule has 0 N–H and O–H groups in total. The van der Waals surface area contributed by atoms with Crippen molar-refractivity contribution in [2.24, 2.45) is 0 Å². The molecule has 1 aromatic carbocycles. The van der Waals surface area contributed by atoms with Crippen LogP contribution in [0.2, 0.25) is 0 Å². The normalized spacial score (nSPS) is 9.76. The zero-order valence-electron chi connectivity index (χ0n) is 10.1. The van der Waals surface area contributed by atoms with Crippen molar-refractivity contribution < 1.29 is 19.1 Å². The molecule has 0 saturated heterocycles. The van der Waals surface area contributed by atoms with Crippen molar-refractivity contribution in [3.05, 3.63) is 35.4 Å². The number of benzene rings is 1. The third-order valence-electron chi connectivity index (χ3n) is 2.16. The van der Waals surface area contributed by atoms with Crippen LogP contribution in [0.25, 0.3) is 0 Å². The topological polar surface area (TPSA) is 52.6 Å². The summed E-state index contributed by atoms with van der Waals surface area (Å²) in [5, 5.41) is 0. The van der Waals surface area contributed by atoms with Gasteiger partial charge in [-0.05, 0) is 11.1 Å². The van der Waals surface area contributed by atoms with Crippen LogP contribution < -0.4 is 0 Å². The Kier molecular flexibility index (Phi) is 5.20. The highest BCUT2D eigenvalue weighted by molar-refractivity contribution is 5.66. The van der Waals surface area contributed by atoms with Crippen LogP contribution in [0.1, 0.15) is 25.0 Å². The van der Waals surface area contributed by atoms with Crippen LogP contribution in [-0.2, 0) is 32.1 Å². The quantitative estimate of drug-likeness (QED) is 0.732. The van der Waals surface area contributed by atoms with E-state index in [1.54, 1.807) is 0 Å². The first kappa shape index (κ1) is 13.2. The summed E-state index contributed by atoms with van der Waals surface area (Å²) in [5.74, 6) is -0.555. The van der Waals surface area contributed by atoms with Crippen LogP contribution >= 0.6 is 0 Å². The lowest BCUT2D eigenvalue weighted by Gasteiger charge is -2.05. The first-order chi connectivity index (χ1) is 8.08. The smallest absolute Gasteiger partial charge is 0.302 e. The van der Waals surface area contributed by atoms with E-state index in [4.69, 9.17) is 9.47 Å². The second kappa shape index (κ2) is 6.68. The van der Waals surface area contributed by atoms with Gasteiger partial charge in [0, 0.05) is 20.3 Å². The lowest BCUT2D eigenvalue weighted by molar-refractivity contribution is -0.142. The lowest BCUT2D eigenvalue weighted by atomic mass is 10.1. The van der Waals surface area contributed by atoms with E-state index in [1.807, 2.05) is 24.3 Å². The molecule has 0 spiro atoms. The maximum atomic E-state index is 10.6. The van der Waals surface area contributed by atoms with Gasteiger partial charge >= 0.3 is 11.9 Å². The fourth-order valence-electron chi connectivity index (χ4n) is 1.30. The SMILES string of the molecule is CC(=O)OCCc1ccc(COC(C)=O)cc1. The number of hydrogen-bond acceptors (Lipinski definition) is 4. The molecular formula is C13H16O4. The molecule has 0 aliphatic heterocycles. The second-order valence-electron chi connectivity index (χ2n) is 3.69. The van der Waals surface area contributed by atoms with Gasteiger partial charge in [0.1, 0.15) is 6.61 Å². The fraction of sp³-hybridized carbons (Fsp3) is 0.385. The molecule has 17 heavy (non-hydrogen) atoms. The molecule has 0 atom stereocenters. The minimum absolute atomic E-state index is 0.267. The van der Waals surface area contributed by atoms with E-state index in [0.717, 1.165) is 11.1 Å². The molecule has 0 unspecified atom stereocenters. The zero-order chi connectivity index (χ0) is 12.7. The Morgan fingerprint density at radius 3 is 2.00 bits per heavy atom. The molecule has 0 aromatic heterocycles. The molecule has 4 heteroatoms. The van der Waals surface area contributed by atoms with Gasteiger partial charge in [-0.3, -0.25) is 9.59 Å². The van der Waals surface area contributed by atoms with Crippen LogP contribution in [0.3, 0.4) is 0 Å². The van der Waals surface area contributed by atoms with Crippen molar-refractivity contribution in [3.63, 3.8) is 0 Å². The Morgan fingerprint density at radius 1 is 0.941 bits per heavy atom. The molecule has 92 valence electrons. The van der Waals surface area contributed by atoms with Crippen LogP contribution in [0.4, 0.5) is 0 Å². The number of carbonyl (C=O) groups is 2. The number of carbonyl (C=O) groups excluding carboxylic acids is 2. The Balaban J connectivity index is 2.39. The summed E-state index contributed by atoms with van der Waals surface area (Å²) >= 11 is 0. The average Bonchev–Trinajstić information content (AvgIpc) is 2.27. The largest absolute Gasteiger partial charge is 0.466 e. The number of hydrogen-bond donors (Lipinski definition) is 0. The molecule has 4 nitrogen and oxygen atoms in total. The summed E-state index contributed by atoms with van der Waals surface area (Å²) in [6.45, 7) is 3.45. The van der Waals surface area contributed by atoms with Crippen LogP contribution in [0.5, 0.6) is 0 Å². The second-order valence-corrected chi connectivity index (χ2v) is 3.69. The standard InChI is InChI=1S/C13H16O4/c1-10(14)16-8-7-12-3-5-13(6-4-12)9-17-11(2)15/h3-6H,7-9H2,1-2H3. The Hall–Kier alpha value is -1.84. The number of rotatable bonds is 5. The highest BCUT2D eigenvalue weighted by Gasteiger charge is 1.99. The first-order valence-corrected chi connectivity index (χ1v) is 5.42. The predicted molar refractivity (Wildman–Crippen MR) is 62.2 cm³/mol. The van der Waals surface area contributed by atoms with E-state index in [-0.39, 0.29) is 11.9 Å². The molecule has 0 radical (unpaired) electrons. The Bertz CT molecular complexity index is 381. The average molecular weight is 236 g/mol. The van der Waals surface area contributed by atoms with Crippen molar-refractivity contribution in [1.29, 1.82) is 0 Å². The molecule has 0 aliphatic carbocycles. The van der Waals surface area contributed by atoms with Crippen LogP contribution in [0, 0.1) is 0 Å². The third-order valence-corrected chi connectivity index (χ3v) is 2.16. The monoisotopic (exact) mass is 236 g/mol. The molecule has 0 fully saturated rings. The van der Waals surface area contributed by atoms with E-state index >= 15 is 0 Å². The van der Waals surface area contributed by atoms with Crippen molar-refractivity contribution >= 4 is 11.9 Å². The number of esters is 2. The predicted octanol–water partition coefficient (Wildman–Crippen LogP) is 1.86. The van der Waals surface area contributed by atoms with Gasteiger partial charge < -0.3 is 9.47 Å². The summed E-state index contributed by atoms with van der Waals surface area (Å²) < 4.78 is 9.72. The maximum absolute atomic E-state index is 10.6. The summed E-state index contributed by atoms with van der Waals surface area (Å²) in [6.07, 6.45) is 0.688. The van der Waals surface area contributed by atoms with Crippen LogP contribution in [-0.4, -0.2) is 18.5 Å². The van der Waals surface area contributed by atoms with Crippen LogP contribution in [0.15, 0.2) is 24.3 Å². The van der Waals surface area contributed by atoms with Crippen molar-refractivity contribution in [1.82, 2.24) is 0 Å². The summed E-state index contributed by atoms with van der Waals surface area (Å²) in [4.78, 5) is 21.2. The fourth-order valence-corrected chi connectivity index (χ4v) is 1.30. The van der Waals surface area contributed by atoms with Gasteiger partial charge in [0.15, 0.2) is 0 Å². The molecule has 0 amide bonds. The van der Waals surface area contributed by atoms with Gasteiger partial charge in [0.2, 0.25) is 0 Å². The van der Waals surface area contributed by atoms with E-state index < -0.39 is 0 Å². The van der Waals surface area contributed by atoms with Gasteiger partial charge in [-0.1, -0.05) is 24.3 Å². The Labute approximate surface area is 101 Å². The van der Waals surface area contributed by atoms with E-state index in [2.05, 4.69) is 0 Å². The molecule has 0 aliphatic rings. The van der Waals surface area contributed by atoms with E-state index in [1.165, 1.54) is 13.8 Å². The molecular weight excluding hydrogens is 220 g/mol. The van der Waals surface area contributed by atoms with Gasteiger partial charge in [-0.15, -0.1) is 0 Å². The molecule has 1 rings (SSSR count). The molecule has 0 saturated carbocycles. The summed E-state index contributed by atoms with van der Waals surface area (Å²) in [6, 6.07) is 7.66. The van der Waals surface area contributed by atoms with Gasteiger partial charge in [-0.2, -0.15) is 0 Å². The minimum Gasteiger partial charge on any atom is -0.466 e. The molecule has 1 aromatic rings.